The standard InChI is InChI=1S/C21H22N4O2/c1-3-15-8-4-6-10-17(15)25-21(26)18-13-24-20(14-22-18)23-12-16-9-5-7-11-19(16)27-2/h4-11,13-14H,3,12H2,1-2H3,(H,23,24)(H,25,26). The number of ether oxygens (including phenoxy) is 1. The van der Waals surface area contributed by atoms with Gasteiger partial charge in [0.05, 0.1) is 19.5 Å². The largest absolute Gasteiger partial charge is 0.496 e. The summed E-state index contributed by atoms with van der Waals surface area (Å²) in [5.74, 6) is 1.12. The molecular formula is C21H22N4O2. The Kier molecular flexibility index (Phi) is 5.99. The molecule has 1 amide bonds. The zero-order chi connectivity index (χ0) is 19.1. The fourth-order valence-electron chi connectivity index (χ4n) is 2.71. The van der Waals surface area contributed by atoms with Crippen molar-refractivity contribution in [2.75, 3.05) is 17.7 Å². The molecule has 2 N–H and O–H groups in total. The molecule has 0 saturated heterocycles. The highest BCUT2D eigenvalue weighted by Gasteiger charge is 2.10. The summed E-state index contributed by atoms with van der Waals surface area (Å²) in [6.07, 6.45) is 3.86. The number of carbonyl (C=O) groups is 1. The van der Waals surface area contributed by atoms with Crippen LogP contribution in [0.25, 0.3) is 0 Å². The van der Waals surface area contributed by atoms with Crippen LogP contribution in [0.5, 0.6) is 5.75 Å². The van der Waals surface area contributed by atoms with E-state index >= 15 is 0 Å². The van der Waals surface area contributed by atoms with Crippen LogP contribution in [0.4, 0.5) is 11.5 Å². The van der Waals surface area contributed by atoms with Crippen molar-refractivity contribution >= 4 is 17.4 Å². The number of amides is 1. The van der Waals surface area contributed by atoms with E-state index in [9.17, 15) is 4.79 Å². The van der Waals surface area contributed by atoms with Crippen LogP contribution < -0.4 is 15.4 Å². The SMILES string of the molecule is CCc1ccccc1NC(=O)c1cnc(NCc2ccccc2OC)cn1. The first-order valence-corrected chi connectivity index (χ1v) is 8.78. The number of anilines is 2. The van der Waals surface area contributed by atoms with E-state index in [1.54, 1.807) is 13.3 Å². The lowest BCUT2D eigenvalue weighted by atomic mass is 10.1. The van der Waals surface area contributed by atoms with E-state index in [4.69, 9.17) is 4.74 Å². The summed E-state index contributed by atoms with van der Waals surface area (Å²) >= 11 is 0. The van der Waals surface area contributed by atoms with Crippen LogP contribution in [0.3, 0.4) is 0 Å². The van der Waals surface area contributed by atoms with Gasteiger partial charge in [-0.3, -0.25) is 4.79 Å². The summed E-state index contributed by atoms with van der Waals surface area (Å²) in [4.78, 5) is 20.9. The number of aromatic nitrogens is 2. The summed E-state index contributed by atoms with van der Waals surface area (Å²) in [6, 6.07) is 15.5. The second-order valence-corrected chi connectivity index (χ2v) is 5.92. The molecule has 2 aromatic carbocycles. The quantitative estimate of drug-likeness (QED) is 0.666. The zero-order valence-corrected chi connectivity index (χ0v) is 15.4. The van der Waals surface area contributed by atoms with Gasteiger partial charge in [0.2, 0.25) is 0 Å². The van der Waals surface area contributed by atoms with Gasteiger partial charge in [-0.25, -0.2) is 9.97 Å². The number of hydrogen-bond donors (Lipinski definition) is 2. The lowest BCUT2D eigenvalue weighted by molar-refractivity contribution is 0.102. The van der Waals surface area contributed by atoms with Gasteiger partial charge in [0.25, 0.3) is 5.91 Å². The van der Waals surface area contributed by atoms with Gasteiger partial charge in [0, 0.05) is 17.8 Å². The topological polar surface area (TPSA) is 76.1 Å². The number of methoxy groups -OCH3 is 1. The number of nitrogens with one attached hydrogen (secondary N) is 2. The maximum Gasteiger partial charge on any atom is 0.275 e. The summed E-state index contributed by atoms with van der Waals surface area (Å²) in [7, 11) is 1.64. The molecule has 138 valence electrons. The monoisotopic (exact) mass is 362 g/mol. The molecule has 0 aliphatic heterocycles. The molecule has 1 heterocycles. The van der Waals surface area contributed by atoms with Crippen molar-refractivity contribution in [3.8, 4) is 5.75 Å². The predicted molar refractivity (Wildman–Crippen MR) is 106 cm³/mol. The van der Waals surface area contributed by atoms with Gasteiger partial charge in [-0.15, -0.1) is 0 Å². The van der Waals surface area contributed by atoms with E-state index in [1.807, 2.05) is 55.5 Å². The van der Waals surface area contributed by atoms with Gasteiger partial charge in [-0.05, 0) is 24.1 Å². The Bertz CT molecular complexity index is 910. The number of aryl methyl sites for hydroxylation is 1. The second-order valence-electron chi connectivity index (χ2n) is 5.92. The molecule has 6 nitrogen and oxygen atoms in total. The maximum atomic E-state index is 12.4. The Morgan fingerprint density at radius 1 is 1.00 bits per heavy atom. The highest BCUT2D eigenvalue weighted by molar-refractivity contribution is 6.03. The number of nitrogens with zero attached hydrogens (tertiary/aromatic N) is 2. The lowest BCUT2D eigenvalue weighted by Crippen LogP contribution is -2.15. The van der Waals surface area contributed by atoms with Crippen molar-refractivity contribution in [3.05, 3.63) is 77.7 Å². The predicted octanol–water partition coefficient (Wildman–Crippen LogP) is 3.91. The molecule has 0 unspecified atom stereocenters. The Morgan fingerprint density at radius 3 is 2.44 bits per heavy atom. The van der Waals surface area contributed by atoms with E-state index in [-0.39, 0.29) is 11.6 Å². The molecule has 0 fully saturated rings. The van der Waals surface area contributed by atoms with Crippen LogP contribution >= 0.6 is 0 Å². The van der Waals surface area contributed by atoms with Crippen LogP contribution in [-0.2, 0) is 13.0 Å². The van der Waals surface area contributed by atoms with Crippen LogP contribution in [0.15, 0.2) is 60.9 Å². The van der Waals surface area contributed by atoms with Crippen LogP contribution in [0.2, 0.25) is 0 Å². The first-order valence-electron chi connectivity index (χ1n) is 8.78. The van der Waals surface area contributed by atoms with Gasteiger partial charge < -0.3 is 15.4 Å². The Balaban J connectivity index is 1.63. The van der Waals surface area contributed by atoms with Crippen molar-refractivity contribution in [2.24, 2.45) is 0 Å². The van der Waals surface area contributed by atoms with Gasteiger partial charge in [0.1, 0.15) is 17.3 Å². The fraction of sp³-hybridized carbons (Fsp3) is 0.190. The van der Waals surface area contributed by atoms with Crippen molar-refractivity contribution in [3.63, 3.8) is 0 Å². The molecule has 1 aromatic heterocycles. The molecule has 27 heavy (non-hydrogen) atoms. The highest BCUT2D eigenvalue weighted by Crippen LogP contribution is 2.19. The summed E-state index contributed by atoms with van der Waals surface area (Å²) in [6.45, 7) is 2.60. The average molecular weight is 362 g/mol. The van der Waals surface area contributed by atoms with Crippen molar-refractivity contribution in [1.82, 2.24) is 9.97 Å². The summed E-state index contributed by atoms with van der Waals surface area (Å²) in [5, 5.41) is 6.08. The molecule has 3 aromatic rings. The molecule has 0 bridgehead atoms. The van der Waals surface area contributed by atoms with Gasteiger partial charge in [0.15, 0.2) is 0 Å². The molecule has 0 radical (unpaired) electrons. The molecule has 0 atom stereocenters. The van der Waals surface area contributed by atoms with Crippen LogP contribution in [0.1, 0.15) is 28.5 Å². The van der Waals surface area contributed by atoms with E-state index in [0.29, 0.717) is 12.4 Å². The highest BCUT2D eigenvalue weighted by atomic mass is 16.5. The molecule has 0 aliphatic rings. The molecule has 0 spiro atoms. The lowest BCUT2D eigenvalue weighted by Gasteiger charge is -2.11. The van der Waals surface area contributed by atoms with Gasteiger partial charge in [-0.1, -0.05) is 43.3 Å². The normalized spacial score (nSPS) is 10.3. The molecule has 0 saturated carbocycles. The van der Waals surface area contributed by atoms with Crippen molar-refractivity contribution in [2.45, 2.75) is 19.9 Å². The first kappa shape index (κ1) is 18.4. The summed E-state index contributed by atoms with van der Waals surface area (Å²) < 4.78 is 5.33. The van der Waals surface area contributed by atoms with E-state index in [1.165, 1.54) is 6.20 Å². The maximum absolute atomic E-state index is 12.4. The zero-order valence-electron chi connectivity index (χ0n) is 15.4. The second kappa shape index (κ2) is 8.80. The third kappa shape index (κ3) is 4.61. The van der Waals surface area contributed by atoms with Crippen LogP contribution in [0, 0.1) is 0 Å². The van der Waals surface area contributed by atoms with E-state index in [2.05, 4.69) is 20.6 Å². The van der Waals surface area contributed by atoms with Crippen molar-refractivity contribution < 1.29 is 9.53 Å². The number of hydrogen-bond acceptors (Lipinski definition) is 5. The summed E-state index contributed by atoms with van der Waals surface area (Å²) in [5.41, 5.74) is 3.16. The molecule has 6 heteroatoms. The van der Waals surface area contributed by atoms with Gasteiger partial charge >= 0.3 is 0 Å². The molecule has 3 rings (SSSR count). The minimum absolute atomic E-state index is 0.267. The van der Waals surface area contributed by atoms with Crippen LogP contribution in [-0.4, -0.2) is 23.0 Å². The first-order chi connectivity index (χ1) is 13.2. The third-order valence-electron chi connectivity index (χ3n) is 4.18. The Labute approximate surface area is 158 Å². The van der Waals surface area contributed by atoms with E-state index < -0.39 is 0 Å². The molecular weight excluding hydrogens is 340 g/mol. The number of para-hydroxylation sites is 2. The molecule has 0 aliphatic carbocycles. The number of benzene rings is 2. The average Bonchev–Trinajstić information content (AvgIpc) is 2.73. The number of rotatable bonds is 7. The minimum atomic E-state index is -0.278. The van der Waals surface area contributed by atoms with E-state index in [0.717, 1.165) is 29.0 Å². The Morgan fingerprint density at radius 2 is 1.74 bits per heavy atom. The minimum Gasteiger partial charge on any atom is -0.496 e. The fourth-order valence-corrected chi connectivity index (χ4v) is 2.71. The van der Waals surface area contributed by atoms with Gasteiger partial charge in [-0.2, -0.15) is 0 Å². The van der Waals surface area contributed by atoms with Crippen molar-refractivity contribution in [1.29, 1.82) is 0 Å². The number of carbonyl (C=O) groups excluding carboxylic acids is 1. The Hall–Kier alpha value is -3.41. The smallest absolute Gasteiger partial charge is 0.275 e. The third-order valence-corrected chi connectivity index (χ3v) is 4.18.